The van der Waals surface area contributed by atoms with Crippen molar-refractivity contribution in [2.24, 2.45) is 0 Å². The lowest BCUT2D eigenvalue weighted by Gasteiger charge is -1.90. The molecule has 6 heavy (non-hydrogen) atoms. The van der Waals surface area contributed by atoms with Crippen LogP contribution >= 0.6 is 0 Å². The van der Waals surface area contributed by atoms with Gasteiger partial charge in [0.05, 0.1) is 0 Å². The van der Waals surface area contributed by atoms with Crippen molar-refractivity contribution >= 4 is 6.21 Å². The molecule has 0 spiro atoms. The van der Waals surface area contributed by atoms with Gasteiger partial charge in [-0.25, -0.2) is 0 Å². The molecule has 0 aromatic heterocycles. The van der Waals surface area contributed by atoms with Crippen LogP contribution in [0.3, 0.4) is 0 Å². The summed E-state index contributed by atoms with van der Waals surface area (Å²) in [5.74, 6) is 0. The average molecular weight is 89.1 g/mol. The Bertz CT molecular complexity index is 59.8. The van der Waals surface area contributed by atoms with Crippen LogP contribution in [0.25, 0.3) is 0 Å². The Kier molecular flexibility index (Phi) is 2.20. The standard InChI is InChI=1S/C3H7NO2/c1-3-4(5)6-2/h3H,1-2H3/b4-3+. The van der Waals surface area contributed by atoms with E-state index in [1.165, 1.54) is 13.3 Å². The maximum absolute atomic E-state index is 9.82. The van der Waals surface area contributed by atoms with Crippen LogP contribution in [0.2, 0.25) is 0 Å². The highest BCUT2D eigenvalue weighted by Crippen LogP contribution is 1.61. The smallest absolute Gasteiger partial charge is 0.207 e. The minimum absolute atomic E-state index is 0.375. The van der Waals surface area contributed by atoms with Gasteiger partial charge in [0.25, 0.3) is 0 Å². The third-order valence-corrected chi connectivity index (χ3v) is 0.391. The molecule has 0 aliphatic rings. The molecule has 0 heterocycles. The third kappa shape index (κ3) is 1.58. The second-order valence-corrected chi connectivity index (χ2v) is 0.726. The summed E-state index contributed by atoms with van der Waals surface area (Å²) in [6.07, 6.45) is 1.28. The fraction of sp³-hybridized carbons (Fsp3) is 0.667. The van der Waals surface area contributed by atoms with Crippen molar-refractivity contribution in [1.82, 2.24) is 0 Å². The van der Waals surface area contributed by atoms with E-state index < -0.39 is 0 Å². The lowest BCUT2D eigenvalue weighted by atomic mass is 10.9. The van der Waals surface area contributed by atoms with E-state index in [9.17, 15) is 5.21 Å². The minimum atomic E-state index is 0.375. The topological polar surface area (TPSA) is 35.3 Å². The average Bonchev–Trinajstić information content (AvgIpc) is 1.65. The molecule has 0 saturated carbocycles. The Morgan fingerprint density at radius 1 is 1.83 bits per heavy atom. The minimum Gasteiger partial charge on any atom is -0.407 e. The molecule has 36 valence electrons. The number of rotatable bonds is 1. The van der Waals surface area contributed by atoms with Gasteiger partial charge in [-0.2, -0.15) is 0 Å². The Hall–Kier alpha value is -0.730. The van der Waals surface area contributed by atoms with Crippen molar-refractivity contribution in [2.45, 2.75) is 6.92 Å². The van der Waals surface area contributed by atoms with Crippen LogP contribution in [0, 0.1) is 5.21 Å². The first-order valence-electron chi connectivity index (χ1n) is 1.61. The Morgan fingerprint density at radius 2 is 2.33 bits per heavy atom. The Labute approximate surface area is 36.4 Å². The van der Waals surface area contributed by atoms with Gasteiger partial charge in [-0.05, 0) is 0 Å². The van der Waals surface area contributed by atoms with Crippen LogP contribution in [0.1, 0.15) is 6.92 Å². The normalized spacial score (nSPS) is 11.3. The van der Waals surface area contributed by atoms with E-state index in [4.69, 9.17) is 0 Å². The van der Waals surface area contributed by atoms with E-state index in [-0.39, 0.29) is 0 Å². The van der Waals surface area contributed by atoms with Crippen LogP contribution in [0.15, 0.2) is 0 Å². The lowest BCUT2D eigenvalue weighted by Crippen LogP contribution is -1.98. The predicted octanol–water partition coefficient (Wildman–Crippen LogP) is 0.149. The van der Waals surface area contributed by atoms with Crippen LogP contribution in [0.5, 0.6) is 0 Å². The van der Waals surface area contributed by atoms with E-state index in [2.05, 4.69) is 4.84 Å². The van der Waals surface area contributed by atoms with E-state index in [0.29, 0.717) is 4.90 Å². The highest BCUT2D eigenvalue weighted by atomic mass is 16.8. The summed E-state index contributed by atoms with van der Waals surface area (Å²) in [5, 5.41) is 9.82. The van der Waals surface area contributed by atoms with Crippen LogP contribution < -0.4 is 0 Å². The van der Waals surface area contributed by atoms with Crippen LogP contribution in [-0.2, 0) is 4.84 Å². The van der Waals surface area contributed by atoms with Crippen LogP contribution in [0.4, 0.5) is 0 Å². The van der Waals surface area contributed by atoms with Gasteiger partial charge < -0.3 is 4.84 Å². The summed E-state index contributed by atoms with van der Waals surface area (Å²) in [4.78, 5) is 4.50. The molecule has 0 aliphatic heterocycles. The van der Waals surface area contributed by atoms with Crippen molar-refractivity contribution in [3.63, 3.8) is 0 Å². The maximum atomic E-state index is 9.82. The summed E-state index contributed by atoms with van der Waals surface area (Å²) >= 11 is 0. The number of hydrogen-bond acceptors (Lipinski definition) is 2. The molecule has 0 aromatic carbocycles. The van der Waals surface area contributed by atoms with Gasteiger partial charge in [0, 0.05) is 18.9 Å². The molecule has 0 aromatic rings. The second-order valence-electron chi connectivity index (χ2n) is 0.726. The van der Waals surface area contributed by atoms with Crippen LogP contribution in [-0.4, -0.2) is 18.2 Å². The number of nitrogens with zero attached hydrogens (tertiary/aromatic N) is 1. The molecule has 0 aliphatic carbocycles. The predicted molar refractivity (Wildman–Crippen MR) is 22.4 cm³/mol. The molecule has 0 fully saturated rings. The first-order chi connectivity index (χ1) is 2.81. The molecule has 0 saturated heterocycles. The third-order valence-electron chi connectivity index (χ3n) is 0.391. The zero-order valence-corrected chi connectivity index (χ0v) is 3.84. The molecule has 0 rings (SSSR count). The summed E-state index contributed by atoms with van der Waals surface area (Å²) in [6, 6.07) is 0. The summed E-state index contributed by atoms with van der Waals surface area (Å²) in [6.45, 7) is 1.59. The van der Waals surface area contributed by atoms with Gasteiger partial charge in [0.1, 0.15) is 0 Å². The monoisotopic (exact) mass is 89.0 g/mol. The molecule has 3 heteroatoms. The molecular formula is C3H7NO2. The molecule has 0 N–H and O–H groups in total. The zero-order chi connectivity index (χ0) is 4.99. The number of hydrogen-bond donors (Lipinski definition) is 0. The Morgan fingerprint density at radius 3 is 2.33 bits per heavy atom. The molecule has 0 bridgehead atoms. The van der Waals surface area contributed by atoms with E-state index in [0.717, 1.165) is 0 Å². The van der Waals surface area contributed by atoms with E-state index in [1.807, 2.05) is 0 Å². The van der Waals surface area contributed by atoms with Crippen molar-refractivity contribution in [3.8, 4) is 0 Å². The van der Waals surface area contributed by atoms with Crippen molar-refractivity contribution in [2.75, 3.05) is 7.11 Å². The van der Waals surface area contributed by atoms with E-state index >= 15 is 0 Å². The lowest BCUT2D eigenvalue weighted by molar-refractivity contribution is -0.730. The van der Waals surface area contributed by atoms with E-state index in [1.54, 1.807) is 6.92 Å². The maximum Gasteiger partial charge on any atom is 0.207 e. The summed E-state index contributed by atoms with van der Waals surface area (Å²) in [5.41, 5.74) is 0. The fourth-order valence-electron chi connectivity index (χ4n) is 0.105. The van der Waals surface area contributed by atoms with Gasteiger partial charge in [-0.3, -0.25) is 5.21 Å². The van der Waals surface area contributed by atoms with Crippen molar-refractivity contribution in [3.05, 3.63) is 5.21 Å². The molecule has 0 amide bonds. The first-order valence-corrected chi connectivity index (χ1v) is 1.61. The van der Waals surface area contributed by atoms with Crippen molar-refractivity contribution in [1.29, 1.82) is 0 Å². The highest BCUT2D eigenvalue weighted by molar-refractivity contribution is 5.46. The largest absolute Gasteiger partial charge is 0.407 e. The van der Waals surface area contributed by atoms with Gasteiger partial charge in [-0.1, -0.05) is 0 Å². The highest BCUT2D eigenvalue weighted by Gasteiger charge is 1.73. The first kappa shape index (κ1) is 5.27. The molecular weight excluding hydrogens is 82.0 g/mol. The summed E-state index contributed by atoms with van der Waals surface area (Å²) < 4.78 is 0. The second kappa shape index (κ2) is 2.50. The fourth-order valence-corrected chi connectivity index (χ4v) is 0.105. The molecule has 3 nitrogen and oxygen atoms in total. The van der Waals surface area contributed by atoms with Gasteiger partial charge in [0.2, 0.25) is 6.21 Å². The molecule has 0 radical (unpaired) electrons. The molecule has 0 atom stereocenters. The van der Waals surface area contributed by atoms with Gasteiger partial charge in [-0.15, -0.1) is 0 Å². The Balaban J connectivity index is 3.22. The van der Waals surface area contributed by atoms with Gasteiger partial charge >= 0.3 is 0 Å². The van der Waals surface area contributed by atoms with Gasteiger partial charge in [0.15, 0.2) is 0 Å². The van der Waals surface area contributed by atoms with Crippen molar-refractivity contribution < 1.29 is 9.74 Å². The SMILES string of the molecule is C/C=[N+](\[O-])OC. The summed E-state index contributed by atoms with van der Waals surface area (Å²) in [7, 11) is 1.31. The quantitative estimate of drug-likeness (QED) is 0.260. The molecule has 0 unspecified atom stereocenters. The zero-order valence-electron chi connectivity index (χ0n) is 3.84.